The Balaban J connectivity index is 1.43. The van der Waals surface area contributed by atoms with Crippen LogP contribution in [0.4, 0.5) is 0 Å². The summed E-state index contributed by atoms with van der Waals surface area (Å²) in [4.78, 5) is 30.4. The van der Waals surface area contributed by atoms with Gasteiger partial charge in [-0.2, -0.15) is 0 Å². The Bertz CT molecular complexity index is 1260. The number of benzene rings is 2. The number of rotatable bonds is 8. The summed E-state index contributed by atoms with van der Waals surface area (Å²) in [7, 11) is 0. The second-order valence-corrected chi connectivity index (χ2v) is 8.33. The van der Waals surface area contributed by atoms with Crippen molar-refractivity contribution in [2.75, 3.05) is 6.61 Å². The first-order valence-corrected chi connectivity index (χ1v) is 11.6. The number of carboxylic acids is 1. The molecule has 0 saturated heterocycles. The van der Waals surface area contributed by atoms with Crippen LogP contribution in [0.15, 0.2) is 77.3 Å². The van der Waals surface area contributed by atoms with Gasteiger partial charge in [-0.05, 0) is 49.2 Å². The van der Waals surface area contributed by atoms with Gasteiger partial charge in [0.25, 0.3) is 0 Å². The summed E-state index contributed by atoms with van der Waals surface area (Å²) >= 11 is 0. The molecule has 1 N–H and O–H groups in total. The maximum Gasteiger partial charge on any atom is 0.326 e. The molecule has 1 aromatic heterocycles. The molecular weight excluding hydrogens is 444 g/mol. The molecule has 7 nitrogen and oxygen atoms in total. The van der Waals surface area contributed by atoms with E-state index < -0.39 is 12.0 Å². The third kappa shape index (κ3) is 5.69. The van der Waals surface area contributed by atoms with Gasteiger partial charge in [-0.25, -0.2) is 9.78 Å². The van der Waals surface area contributed by atoms with Crippen molar-refractivity contribution in [3.8, 4) is 17.2 Å². The molecular formula is C28H28N2O5. The second kappa shape index (κ2) is 10.9. The number of amides is 1. The normalized spacial score (nSPS) is 15.5. The average Bonchev–Trinajstić information content (AvgIpc) is 3.24. The first-order chi connectivity index (χ1) is 17.0. The number of nitrogens with zero attached hydrogens (tertiary/aromatic N) is 2. The number of hydrogen-bond donors (Lipinski definition) is 1. The number of carbonyl (C=O) groups is 2. The van der Waals surface area contributed by atoms with E-state index in [0.29, 0.717) is 24.7 Å². The largest absolute Gasteiger partial charge is 0.493 e. The highest BCUT2D eigenvalue weighted by molar-refractivity contribution is 5.92. The fourth-order valence-corrected chi connectivity index (χ4v) is 4.08. The molecule has 0 spiro atoms. The Kier molecular flexibility index (Phi) is 7.45. The topological polar surface area (TPSA) is 92.9 Å². The zero-order valence-electron chi connectivity index (χ0n) is 19.8. The van der Waals surface area contributed by atoms with Crippen molar-refractivity contribution in [1.82, 2.24) is 9.88 Å². The first-order valence-electron chi connectivity index (χ1n) is 11.6. The Morgan fingerprint density at radius 2 is 1.97 bits per heavy atom. The highest BCUT2D eigenvalue weighted by Gasteiger charge is 2.33. The Morgan fingerprint density at radius 3 is 2.71 bits per heavy atom. The van der Waals surface area contributed by atoms with E-state index in [1.54, 1.807) is 18.2 Å². The lowest BCUT2D eigenvalue weighted by Crippen LogP contribution is -2.48. The number of hydrogen-bond acceptors (Lipinski definition) is 5. The van der Waals surface area contributed by atoms with Crippen molar-refractivity contribution >= 4 is 11.9 Å². The number of aryl methyl sites for hydroxylation is 1. The summed E-state index contributed by atoms with van der Waals surface area (Å²) in [6.07, 6.45) is 7.39. The smallest absolute Gasteiger partial charge is 0.326 e. The molecule has 1 amide bonds. The minimum atomic E-state index is -1.01. The van der Waals surface area contributed by atoms with Crippen LogP contribution in [0.25, 0.3) is 11.5 Å². The summed E-state index contributed by atoms with van der Waals surface area (Å²) in [5.74, 6) is 0.675. The molecule has 2 aromatic carbocycles. The number of oxazole rings is 1. The fourth-order valence-electron chi connectivity index (χ4n) is 4.08. The molecule has 3 aromatic rings. The van der Waals surface area contributed by atoms with E-state index in [1.807, 2.05) is 62.4 Å². The number of fused-ring (bicyclic) bond motifs is 1. The van der Waals surface area contributed by atoms with Crippen molar-refractivity contribution in [3.05, 3.63) is 95.4 Å². The minimum absolute atomic E-state index is 0.214. The lowest BCUT2D eigenvalue weighted by molar-refractivity contribution is -0.149. The maximum atomic E-state index is 12.6. The summed E-state index contributed by atoms with van der Waals surface area (Å²) in [6.45, 7) is 4.36. The quantitative estimate of drug-likeness (QED) is 0.376. The molecule has 7 heteroatoms. The van der Waals surface area contributed by atoms with Gasteiger partial charge in [0.2, 0.25) is 11.8 Å². The summed E-state index contributed by atoms with van der Waals surface area (Å²) < 4.78 is 11.8. The van der Waals surface area contributed by atoms with Crippen molar-refractivity contribution in [2.45, 2.75) is 39.3 Å². The predicted octanol–water partition coefficient (Wildman–Crippen LogP) is 4.74. The number of ether oxygens (including phenoxy) is 1. The summed E-state index contributed by atoms with van der Waals surface area (Å²) in [5.41, 5.74) is 3.57. The third-order valence-electron chi connectivity index (χ3n) is 5.94. The van der Waals surface area contributed by atoms with Crippen LogP contribution in [0.2, 0.25) is 0 Å². The molecule has 2 heterocycles. The lowest BCUT2D eigenvalue weighted by atomic mass is 9.93. The van der Waals surface area contributed by atoms with Crippen molar-refractivity contribution in [3.63, 3.8) is 0 Å². The molecule has 1 unspecified atom stereocenters. The number of allylic oxidation sites excluding steroid dienone is 3. The van der Waals surface area contributed by atoms with Crippen molar-refractivity contribution in [2.24, 2.45) is 0 Å². The zero-order chi connectivity index (χ0) is 24.8. The van der Waals surface area contributed by atoms with Gasteiger partial charge >= 0.3 is 5.97 Å². The van der Waals surface area contributed by atoms with Gasteiger partial charge < -0.3 is 19.2 Å². The van der Waals surface area contributed by atoms with Gasteiger partial charge in [0.1, 0.15) is 17.6 Å². The molecule has 0 fully saturated rings. The Labute approximate surface area is 204 Å². The molecule has 4 rings (SSSR count). The number of aromatic nitrogens is 1. The molecule has 1 aliphatic heterocycles. The lowest BCUT2D eigenvalue weighted by Gasteiger charge is -2.34. The Morgan fingerprint density at radius 1 is 1.17 bits per heavy atom. The summed E-state index contributed by atoms with van der Waals surface area (Å²) in [6, 6.07) is 14.5. The van der Waals surface area contributed by atoms with Crippen LogP contribution < -0.4 is 4.74 Å². The average molecular weight is 473 g/mol. The minimum Gasteiger partial charge on any atom is -0.493 e. The SMILES string of the molecule is CC=CC=CC(=O)N1Cc2cc(OCCc3nc(-c4ccccc4)oc3C)ccc2CC1C(=O)O. The molecule has 0 saturated carbocycles. The van der Waals surface area contributed by atoms with E-state index in [2.05, 4.69) is 4.98 Å². The van der Waals surface area contributed by atoms with E-state index in [-0.39, 0.29) is 18.9 Å². The van der Waals surface area contributed by atoms with Crippen LogP contribution in [0.1, 0.15) is 29.5 Å². The van der Waals surface area contributed by atoms with Gasteiger partial charge in [-0.1, -0.05) is 42.5 Å². The molecule has 180 valence electrons. The number of carboxylic acid groups (broad SMARTS) is 1. The van der Waals surface area contributed by atoms with Crippen molar-refractivity contribution < 1.29 is 23.8 Å². The molecule has 35 heavy (non-hydrogen) atoms. The molecule has 1 aliphatic rings. The maximum absolute atomic E-state index is 12.6. The molecule has 0 bridgehead atoms. The van der Waals surface area contributed by atoms with Gasteiger partial charge in [0.15, 0.2) is 0 Å². The van der Waals surface area contributed by atoms with Crippen LogP contribution in [-0.2, 0) is 29.0 Å². The predicted molar refractivity (Wildman–Crippen MR) is 132 cm³/mol. The highest BCUT2D eigenvalue weighted by Crippen LogP contribution is 2.28. The van der Waals surface area contributed by atoms with Gasteiger partial charge in [0.05, 0.1) is 12.3 Å². The van der Waals surface area contributed by atoms with Crippen molar-refractivity contribution in [1.29, 1.82) is 0 Å². The Hall–Kier alpha value is -4.13. The second-order valence-electron chi connectivity index (χ2n) is 8.33. The fraction of sp³-hybridized carbons (Fsp3) is 0.250. The van der Waals surface area contributed by atoms with E-state index in [1.165, 1.54) is 11.0 Å². The van der Waals surface area contributed by atoms with Crippen LogP contribution in [0, 0.1) is 6.92 Å². The molecule has 0 aliphatic carbocycles. The van der Waals surface area contributed by atoms with E-state index in [0.717, 1.165) is 28.1 Å². The first kappa shape index (κ1) is 24.0. The van der Waals surface area contributed by atoms with Crippen LogP contribution >= 0.6 is 0 Å². The third-order valence-corrected chi connectivity index (χ3v) is 5.94. The van der Waals surface area contributed by atoms with E-state index in [9.17, 15) is 14.7 Å². The van der Waals surface area contributed by atoms with E-state index in [4.69, 9.17) is 9.15 Å². The number of aliphatic carboxylic acids is 1. The highest BCUT2D eigenvalue weighted by atomic mass is 16.5. The standard InChI is InChI=1S/C28H28N2O5/c1-3-4-6-11-26(31)30-18-22-16-23(13-12-21(22)17-25(30)28(32)33)34-15-14-24-19(2)35-27(29-24)20-9-7-5-8-10-20/h3-13,16,25H,14-15,17-18H2,1-2H3,(H,32,33). The molecule has 1 atom stereocenters. The molecule has 0 radical (unpaired) electrons. The van der Waals surface area contributed by atoms with Gasteiger partial charge in [-0.15, -0.1) is 0 Å². The van der Waals surface area contributed by atoms with Crippen LogP contribution in [-0.4, -0.2) is 39.5 Å². The van der Waals surface area contributed by atoms with Gasteiger partial charge in [0, 0.05) is 31.0 Å². The monoisotopic (exact) mass is 472 g/mol. The van der Waals surface area contributed by atoms with Crippen LogP contribution in [0.5, 0.6) is 5.75 Å². The zero-order valence-corrected chi connectivity index (χ0v) is 19.8. The number of carbonyl (C=O) groups excluding carboxylic acids is 1. The van der Waals surface area contributed by atoms with E-state index >= 15 is 0 Å². The van der Waals surface area contributed by atoms with Gasteiger partial charge in [-0.3, -0.25) is 4.79 Å². The summed E-state index contributed by atoms with van der Waals surface area (Å²) in [5, 5.41) is 9.66. The van der Waals surface area contributed by atoms with Crippen LogP contribution in [0.3, 0.4) is 0 Å².